The summed E-state index contributed by atoms with van der Waals surface area (Å²) in [7, 11) is 0. The lowest BCUT2D eigenvalue weighted by atomic mass is 9.94. The lowest BCUT2D eigenvalue weighted by molar-refractivity contribution is -0.126. The highest BCUT2D eigenvalue weighted by molar-refractivity contribution is 5.85. The number of carbonyl (C=O) groups is 2. The Bertz CT molecular complexity index is 455. The third kappa shape index (κ3) is 2.76. The lowest BCUT2D eigenvalue weighted by Gasteiger charge is -2.30. The Morgan fingerprint density at radius 2 is 2.44 bits per heavy atom. The molecule has 0 saturated carbocycles. The highest BCUT2D eigenvalue weighted by atomic mass is 16.5. The number of nitrogens with zero attached hydrogens (tertiary/aromatic N) is 2. The number of aromatic nitrogens is 1. The molecule has 2 rings (SSSR count). The van der Waals surface area contributed by atoms with Crippen molar-refractivity contribution in [3.63, 3.8) is 0 Å². The third-order valence-corrected chi connectivity index (χ3v) is 3.26. The van der Waals surface area contributed by atoms with Gasteiger partial charge in [-0.15, -0.1) is 0 Å². The normalized spacial score (nSPS) is 21.2. The highest BCUT2D eigenvalue weighted by Crippen LogP contribution is 2.18. The molecule has 6 nitrogen and oxygen atoms in total. The quantitative estimate of drug-likeness (QED) is 0.866. The number of carboxylic acids is 1. The topological polar surface area (TPSA) is 83.6 Å². The minimum atomic E-state index is -1.09. The summed E-state index contributed by atoms with van der Waals surface area (Å²) in [6.07, 6.45) is 1.39. The number of carboxylic acid groups (broad SMARTS) is 1. The van der Waals surface area contributed by atoms with Crippen molar-refractivity contribution in [1.82, 2.24) is 10.1 Å². The zero-order chi connectivity index (χ0) is 13.1. The summed E-state index contributed by atoms with van der Waals surface area (Å²) in [5, 5.41) is 12.2. The van der Waals surface area contributed by atoms with Crippen LogP contribution in [-0.4, -0.2) is 40.0 Å². The minimum absolute atomic E-state index is 0.0786. The predicted octanol–water partition coefficient (Wildman–Crippen LogP) is 1.17. The SMILES string of the molecule is CCC1CN(Cc2cc(C(=O)O)no2)CCC1=O. The molecule has 1 unspecified atom stereocenters. The van der Waals surface area contributed by atoms with Gasteiger partial charge in [-0.25, -0.2) is 4.79 Å². The van der Waals surface area contributed by atoms with Crippen LogP contribution < -0.4 is 0 Å². The number of likely N-dealkylation sites (tertiary alicyclic amines) is 1. The Labute approximate surface area is 105 Å². The van der Waals surface area contributed by atoms with E-state index >= 15 is 0 Å². The zero-order valence-corrected chi connectivity index (χ0v) is 10.3. The molecule has 18 heavy (non-hydrogen) atoms. The fraction of sp³-hybridized carbons (Fsp3) is 0.583. The number of aromatic carboxylic acids is 1. The Hall–Kier alpha value is -1.69. The molecule has 1 aromatic heterocycles. The lowest BCUT2D eigenvalue weighted by Crippen LogP contribution is -2.39. The van der Waals surface area contributed by atoms with Crippen molar-refractivity contribution in [3.8, 4) is 0 Å². The minimum Gasteiger partial charge on any atom is -0.476 e. The van der Waals surface area contributed by atoms with Gasteiger partial charge in [0, 0.05) is 31.5 Å². The van der Waals surface area contributed by atoms with Gasteiger partial charge in [-0.1, -0.05) is 12.1 Å². The van der Waals surface area contributed by atoms with Crippen molar-refractivity contribution >= 4 is 11.8 Å². The molecule has 2 heterocycles. The number of carbonyl (C=O) groups excluding carboxylic acids is 1. The second-order valence-electron chi connectivity index (χ2n) is 4.54. The van der Waals surface area contributed by atoms with Crippen LogP contribution in [0.5, 0.6) is 0 Å². The van der Waals surface area contributed by atoms with E-state index in [1.165, 1.54) is 6.07 Å². The molecular formula is C12H16N2O4. The maximum absolute atomic E-state index is 11.6. The summed E-state index contributed by atoms with van der Waals surface area (Å²) in [6.45, 7) is 3.91. The van der Waals surface area contributed by atoms with Crippen LogP contribution in [0.2, 0.25) is 0 Å². The van der Waals surface area contributed by atoms with Crippen molar-refractivity contribution in [1.29, 1.82) is 0 Å². The van der Waals surface area contributed by atoms with Crippen molar-refractivity contribution in [2.24, 2.45) is 5.92 Å². The average molecular weight is 252 g/mol. The van der Waals surface area contributed by atoms with Crippen LogP contribution in [0.25, 0.3) is 0 Å². The molecule has 0 bridgehead atoms. The Kier molecular flexibility index (Phi) is 3.76. The number of ketones is 1. The average Bonchev–Trinajstić information content (AvgIpc) is 2.80. The monoisotopic (exact) mass is 252 g/mol. The van der Waals surface area contributed by atoms with Gasteiger partial charge in [0.25, 0.3) is 0 Å². The van der Waals surface area contributed by atoms with Crippen LogP contribution in [0.3, 0.4) is 0 Å². The Morgan fingerprint density at radius 3 is 3.06 bits per heavy atom. The molecule has 0 aliphatic carbocycles. The van der Waals surface area contributed by atoms with E-state index in [0.29, 0.717) is 37.6 Å². The molecule has 0 amide bonds. The third-order valence-electron chi connectivity index (χ3n) is 3.26. The summed E-state index contributed by atoms with van der Waals surface area (Å²) in [4.78, 5) is 24.3. The standard InChI is InChI=1S/C12H16N2O4/c1-2-8-6-14(4-3-11(8)15)7-9-5-10(12(16)17)13-18-9/h5,8H,2-4,6-7H2,1H3,(H,16,17). The molecule has 1 saturated heterocycles. The first-order valence-electron chi connectivity index (χ1n) is 6.04. The molecule has 0 spiro atoms. The van der Waals surface area contributed by atoms with E-state index in [2.05, 4.69) is 10.1 Å². The smallest absolute Gasteiger partial charge is 0.358 e. The van der Waals surface area contributed by atoms with E-state index < -0.39 is 5.97 Å². The van der Waals surface area contributed by atoms with Crippen LogP contribution in [0.15, 0.2) is 10.6 Å². The molecule has 0 radical (unpaired) electrons. The highest BCUT2D eigenvalue weighted by Gasteiger charge is 2.26. The van der Waals surface area contributed by atoms with E-state index in [9.17, 15) is 9.59 Å². The van der Waals surface area contributed by atoms with E-state index in [4.69, 9.17) is 9.63 Å². The first kappa shape index (κ1) is 12.8. The summed E-state index contributed by atoms with van der Waals surface area (Å²) < 4.78 is 4.97. The number of Topliss-reactive ketones (excluding diaryl/α,β-unsaturated/α-hetero) is 1. The molecule has 1 fully saturated rings. The number of hydrogen-bond donors (Lipinski definition) is 1. The first-order chi connectivity index (χ1) is 8.60. The maximum Gasteiger partial charge on any atom is 0.358 e. The van der Waals surface area contributed by atoms with Gasteiger partial charge in [0.1, 0.15) is 5.78 Å². The van der Waals surface area contributed by atoms with Gasteiger partial charge in [-0.05, 0) is 6.42 Å². The first-order valence-corrected chi connectivity index (χ1v) is 6.04. The molecule has 0 aromatic carbocycles. The molecule has 1 aromatic rings. The van der Waals surface area contributed by atoms with Crippen LogP contribution in [0, 0.1) is 5.92 Å². The van der Waals surface area contributed by atoms with E-state index in [-0.39, 0.29) is 11.6 Å². The molecule has 98 valence electrons. The van der Waals surface area contributed by atoms with E-state index in [1.54, 1.807) is 0 Å². The molecule has 1 aliphatic heterocycles. The van der Waals surface area contributed by atoms with Crippen molar-refractivity contribution in [2.75, 3.05) is 13.1 Å². The Morgan fingerprint density at radius 1 is 1.67 bits per heavy atom. The van der Waals surface area contributed by atoms with E-state index in [0.717, 1.165) is 6.42 Å². The number of hydrogen-bond acceptors (Lipinski definition) is 5. The summed E-state index contributed by atoms with van der Waals surface area (Å²) in [6, 6.07) is 1.43. The van der Waals surface area contributed by atoms with Gasteiger partial charge < -0.3 is 9.63 Å². The van der Waals surface area contributed by atoms with Crippen molar-refractivity contribution in [2.45, 2.75) is 26.3 Å². The molecule has 1 N–H and O–H groups in total. The van der Waals surface area contributed by atoms with Gasteiger partial charge in [0.05, 0.1) is 6.54 Å². The van der Waals surface area contributed by atoms with Crippen LogP contribution in [0.4, 0.5) is 0 Å². The van der Waals surface area contributed by atoms with Gasteiger partial charge in [-0.3, -0.25) is 9.69 Å². The fourth-order valence-electron chi connectivity index (χ4n) is 2.19. The van der Waals surface area contributed by atoms with Crippen LogP contribution >= 0.6 is 0 Å². The number of rotatable bonds is 4. The molecular weight excluding hydrogens is 236 g/mol. The summed E-state index contributed by atoms with van der Waals surface area (Å²) in [5.74, 6) is -0.167. The molecule has 6 heteroatoms. The zero-order valence-electron chi connectivity index (χ0n) is 10.3. The van der Waals surface area contributed by atoms with Crippen LogP contribution in [-0.2, 0) is 11.3 Å². The Balaban J connectivity index is 1.96. The summed E-state index contributed by atoms with van der Waals surface area (Å²) >= 11 is 0. The second-order valence-corrected chi connectivity index (χ2v) is 4.54. The summed E-state index contributed by atoms with van der Waals surface area (Å²) in [5.41, 5.74) is -0.0786. The van der Waals surface area contributed by atoms with Crippen LogP contribution in [0.1, 0.15) is 36.0 Å². The molecule has 1 atom stereocenters. The predicted molar refractivity (Wildman–Crippen MR) is 62.1 cm³/mol. The maximum atomic E-state index is 11.6. The van der Waals surface area contributed by atoms with Crippen molar-refractivity contribution in [3.05, 3.63) is 17.5 Å². The number of piperidine rings is 1. The fourth-order valence-corrected chi connectivity index (χ4v) is 2.19. The van der Waals surface area contributed by atoms with Gasteiger partial charge >= 0.3 is 5.97 Å². The van der Waals surface area contributed by atoms with Gasteiger partial charge in [0.2, 0.25) is 0 Å². The second kappa shape index (κ2) is 5.30. The largest absolute Gasteiger partial charge is 0.476 e. The van der Waals surface area contributed by atoms with Crippen molar-refractivity contribution < 1.29 is 19.2 Å². The van der Waals surface area contributed by atoms with E-state index in [1.807, 2.05) is 6.92 Å². The van der Waals surface area contributed by atoms with Gasteiger partial charge in [0.15, 0.2) is 11.5 Å². The molecule has 1 aliphatic rings. The van der Waals surface area contributed by atoms with Gasteiger partial charge in [-0.2, -0.15) is 0 Å².